The molecule has 10 heteroatoms. The Morgan fingerprint density at radius 2 is 1.76 bits per heavy atom. The van der Waals surface area contributed by atoms with Crippen LogP contribution in [0.2, 0.25) is 0 Å². The quantitative estimate of drug-likeness (QED) is 0.485. The molecule has 0 atom stereocenters. The average Bonchev–Trinajstić information content (AvgIpc) is 3.24. The summed E-state index contributed by atoms with van der Waals surface area (Å²) in [6.45, 7) is 0.434. The third kappa shape index (κ3) is 5.01. The predicted octanol–water partition coefficient (Wildman–Crippen LogP) is 2.06. The van der Waals surface area contributed by atoms with E-state index in [4.69, 9.17) is 13.9 Å². The molecule has 174 valence electrons. The van der Waals surface area contributed by atoms with Crippen molar-refractivity contribution in [2.45, 2.75) is 11.3 Å². The van der Waals surface area contributed by atoms with Gasteiger partial charge in [0.15, 0.2) is 6.61 Å². The van der Waals surface area contributed by atoms with Gasteiger partial charge in [-0.25, -0.2) is 8.42 Å². The molecule has 0 saturated carbocycles. The lowest BCUT2D eigenvalue weighted by Gasteiger charge is -2.33. The number of amides is 1. The lowest BCUT2D eigenvalue weighted by Crippen LogP contribution is -2.51. The van der Waals surface area contributed by atoms with E-state index in [1.807, 2.05) is 0 Å². The summed E-state index contributed by atoms with van der Waals surface area (Å²) in [5, 5.41) is 0.773. The van der Waals surface area contributed by atoms with Crippen LogP contribution in [0.3, 0.4) is 0 Å². The summed E-state index contributed by atoms with van der Waals surface area (Å²) in [6.07, 6.45) is 1.45. The predicted molar refractivity (Wildman–Crippen MR) is 119 cm³/mol. The summed E-state index contributed by atoms with van der Waals surface area (Å²) in [6, 6.07) is 13.5. The Morgan fingerprint density at radius 3 is 2.45 bits per heavy atom. The molecule has 1 amide bonds. The Labute approximate surface area is 191 Å². The number of nitrogens with zero attached hydrogens (tertiary/aromatic N) is 2. The monoisotopic (exact) mass is 472 g/mol. The van der Waals surface area contributed by atoms with E-state index in [-0.39, 0.29) is 43.4 Å². The number of piperazine rings is 1. The number of hydrogen-bond acceptors (Lipinski definition) is 7. The zero-order chi connectivity index (χ0) is 23.4. The smallest absolute Gasteiger partial charge is 0.310 e. The number of esters is 1. The lowest BCUT2D eigenvalue weighted by molar-refractivity contribution is -0.152. The van der Waals surface area contributed by atoms with Gasteiger partial charge in [0.2, 0.25) is 10.0 Å². The maximum atomic E-state index is 12.7. The number of carbonyl (C=O) groups is 2. The van der Waals surface area contributed by atoms with E-state index in [1.165, 1.54) is 15.5 Å². The molecule has 3 aromatic rings. The minimum atomic E-state index is -3.60. The molecule has 1 aliphatic rings. The van der Waals surface area contributed by atoms with Crippen LogP contribution >= 0.6 is 0 Å². The lowest BCUT2D eigenvalue weighted by atomic mass is 10.1. The van der Waals surface area contributed by atoms with E-state index in [9.17, 15) is 18.0 Å². The highest BCUT2D eigenvalue weighted by Crippen LogP contribution is 2.26. The van der Waals surface area contributed by atoms with Crippen molar-refractivity contribution in [2.24, 2.45) is 0 Å². The van der Waals surface area contributed by atoms with Gasteiger partial charge in [0, 0.05) is 43.2 Å². The number of sulfonamides is 1. The van der Waals surface area contributed by atoms with Gasteiger partial charge in [-0.1, -0.05) is 18.2 Å². The van der Waals surface area contributed by atoms with Gasteiger partial charge in [0.25, 0.3) is 5.91 Å². The fourth-order valence-electron chi connectivity index (χ4n) is 3.69. The summed E-state index contributed by atoms with van der Waals surface area (Å²) in [7, 11) is -2.04. The van der Waals surface area contributed by atoms with Crippen molar-refractivity contribution in [3.8, 4) is 5.75 Å². The van der Waals surface area contributed by atoms with Crippen LogP contribution in [0.15, 0.2) is 64.1 Å². The van der Waals surface area contributed by atoms with Crippen LogP contribution < -0.4 is 4.74 Å². The topological polar surface area (TPSA) is 106 Å². The van der Waals surface area contributed by atoms with Crippen molar-refractivity contribution in [1.29, 1.82) is 0 Å². The third-order valence-electron chi connectivity index (χ3n) is 5.53. The highest BCUT2D eigenvalue weighted by atomic mass is 32.2. The van der Waals surface area contributed by atoms with Crippen molar-refractivity contribution in [3.05, 3.63) is 60.4 Å². The van der Waals surface area contributed by atoms with Gasteiger partial charge in [0.1, 0.15) is 11.3 Å². The highest BCUT2D eigenvalue weighted by Gasteiger charge is 2.30. The van der Waals surface area contributed by atoms with E-state index in [0.717, 1.165) is 5.39 Å². The van der Waals surface area contributed by atoms with Crippen molar-refractivity contribution >= 4 is 32.9 Å². The maximum Gasteiger partial charge on any atom is 0.310 e. The molecule has 9 nitrogen and oxygen atoms in total. The Bertz CT molecular complexity index is 1250. The van der Waals surface area contributed by atoms with Gasteiger partial charge in [-0.2, -0.15) is 4.31 Å². The Morgan fingerprint density at radius 1 is 1.03 bits per heavy atom. The van der Waals surface area contributed by atoms with E-state index in [1.54, 1.807) is 55.6 Å². The van der Waals surface area contributed by atoms with Gasteiger partial charge in [-0.15, -0.1) is 0 Å². The number of fused-ring (bicyclic) bond motifs is 1. The molecule has 0 aliphatic carbocycles. The Balaban J connectivity index is 1.27. The van der Waals surface area contributed by atoms with Crippen LogP contribution in [0.25, 0.3) is 11.0 Å². The fourth-order valence-corrected chi connectivity index (χ4v) is 5.13. The summed E-state index contributed by atoms with van der Waals surface area (Å²) < 4.78 is 42.5. The molecule has 2 aromatic carbocycles. The minimum Gasteiger partial charge on any atom is -0.497 e. The number of carbonyl (C=O) groups excluding carboxylic acids is 2. The van der Waals surface area contributed by atoms with Gasteiger partial charge < -0.3 is 18.8 Å². The van der Waals surface area contributed by atoms with Gasteiger partial charge in [0.05, 0.1) is 24.7 Å². The number of rotatable bonds is 7. The number of hydrogen-bond donors (Lipinski definition) is 0. The van der Waals surface area contributed by atoms with Crippen molar-refractivity contribution < 1.29 is 31.9 Å². The summed E-state index contributed by atoms with van der Waals surface area (Å²) in [5.41, 5.74) is 1.25. The first kappa shape index (κ1) is 22.8. The first-order valence-corrected chi connectivity index (χ1v) is 11.8. The minimum absolute atomic E-state index is 0.0320. The van der Waals surface area contributed by atoms with E-state index >= 15 is 0 Å². The SMILES string of the molecule is COc1ccc2c(CC(=O)OCC(=O)N3CCN(S(=O)(=O)c4ccccc4)CC3)coc2c1. The molecule has 1 fully saturated rings. The van der Waals surface area contributed by atoms with E-state index < -0.39 is 22.6 Å². The Kier molecular flexibility index (Phi) is 6.66. The second kappa shape index (κ2) is 9.63. The number of ether oxygens (including phenoxy) is 2. The van der Waals surface area contributed by atoms with Crippen molar-refractivity contribution in [2.75, 3.05) is 39.9 Å². The first-order chi connectivity index (χ1) is 15.9. The molecule has 0 spiro atoms. The van der Waals surface area contributed by atoms with E-state index in [0.29, 0.717) is 16.9 Å². The summed E-state index contributed by atoms with van der Waals surface area (Å²) >= 11 is 0. The van der Waals surface area contributed by atoms with Crippen LogP contribution in [-0.4, -0.2) is 69.4 Å². The zero-order valence-corrected chi connectivity index (χ0v) is 18.9. The maximum absolute atomic E-state index is 12.7. The third-order valence-corrected chi connectivity index (χ3v) is 7.44. The second-order valence-corrected chi connectivity index (χ2v) is 9.50. The molecule has 1 saturated heterocycles. The van der Waals surface area contributed by atoms with Crippen LogP contribution in [0, 0.1) is 0 Å². The molecule has 33 heavy (non-hydrogen) atoms. The fraction of sp³-hybridized carbons (Fsp3) is 0.304. The molecule has 4 rings (SSSR count). The average molecular weight is 473 g/mol. The largest absolute Gasteiger partial charge is 0.497 e. The second-order valence-electron chi connectivity index (χ2n) is 7.56. The van der Waals surface area contributed by atoms with Gasteiger partial charge in [-0.3, -0.25) is 9.59 Å². The van der Waals surface area contributed by atoms with E-state index in [2.05, 4.69) is 0 Å². The van der Waals surface area contributed by atoms with Crippen LogP contribution in [0.1, 0.15) is 5.56 Å². The van der Waals surface area contributed by atoms with Crippen LogP contribution in [0.5, 0.6) is 5.75 Å². The molecular formula is C23H24N2O7S. The summed E-state index contributed by atoms with van der Waals surface area (Å²) in [5.74, 6) is -0.262. The molecule has 0 radical (unpaired) electrons. The summed E-state index contributed by atoms with van der Waals surface area (Å²) in [4.78, 5) is 26.5. The first-order valence-electron chi connectivity index (χ1n) is 10.4. The molecule has 0 bridgehead atoms. The van der Waals surface area contributed by atoms with Crippen molar-refractivity contribution in [3.63, 3.8) is 0 Å². The van der Waals surface area contributed by atoms with Gasteiger partial charge >= 0.3 is 5.97 Å². The van der Waals surface area contributed by atoms with Gasteiger partial charge in [-0.05, 0) is 24.3 Å². The molecule has 1 aliphatic heterocycles. The number of furan rings is 1. The molecular weight excluding hydrogens is 448 g/mol. The molecule has 0 N–H and O–H groups in total. The highest BCUT2D eigenvalue weighted by molar-refractivity contribution is 7.89. The zero-order valence-electron chi connectivity index (χ0n) is 18.1. The molecule has 1 aromatic heterocycles. The molecule has 0 unspecified atom stereocenters. The van der Waals surface area contributed by atoms with Crippen LogP contribution in [0.4, 0.5) is 0 Å². The Hall–Kier alpha value is -3.37. The molecule has 2 heterocycles. The number of benzene rings is 2. The van der Waals surface area contributed by atoms with Crippen molar-refractivity contribution in [1.82, 2.24) is 9.21 Å². The van der Waals surface area contributed by atoms with Crippen LogP contribution in [-0.2, 0) is 30.8 Å². The standard InChI is InChI=1S/C23H24N2O7S/c1-30-18-7-8-20-17(15-31-21(20)14-18)13-23(27)32-16-22(26)24-9-11-25(12-10-24)33(28,29)19-5-3-2-4-6-19/h2-8,14-15H,9-13,16H2,1H3. The number of methoxy groups -OCH3 is 1. The normalized spacial score (nSPS) is 14.9.